The lowest BCUT2D eigenvalue weighted by Gasteiger charge is -2.20. The van der Waals surface area contributed by atoms with Gasteiger partial charge in [0.05, 0.1) is 12.1 Å². The highest BCUT2D eigenvalue weighted by molar-refractivity contribution is 5.45. The van der Waals surface area contributed by atoms with Gasteiger partial charge in [-0.3, -0.25) is 0 Å². The maximum Gasteiger partial charge on any atom is 0.125 e. The summed E-state index contributed by atoms with van der Waals surface area (Å²) in [6, 6.07) is 8.44. The molecule has 16 heavy (non-hydrogen) atoms. The zero-order chi connectivity index (χ0) is 12.0. The number of nitriles is 1. The van der Waals surface area contributed by atoms with Gasteiger partial charge in [0.15, 0.2) is 0 Å². The normalized spacial score (nSPS) is 11.9. The van der Waals surface area contributed by atoms with E-state index in [9.17, 15) is 4.39 Å². The smallest absolute Gasteiger partial charge is 0.125 e. The lowest BCUT2D eigenvalue weighted by atomic mass is 10.2. The number of halogens is 1. The molecule has 0 saturated heterocycles. The van der Waals surface area contributed by atoms with Gasteiger partial charge in [-0.1, -0.05) is 6.07 Å². The first-order valence-electron chi connectivity index (χ1n) is 5.21. The second kappa shape index (κ2) is 6.09. The predicted molar refractivity (Wildman–Crippen MR) is 62.7 cm³/mol. The Hall–Kier alpha value is -1.60. The molecule has 0 fully saturated rings. The van der Waals surface area contributed by atoms with Crippen molar-refractivity contribution >= 4 is 5.69 Å². The molecule has 0 bridgehead atoms. The molecule has 1 aromatic carbocycles. The van der Waals surface area contributed by atoms with E-state index in [-0.39, 0.29) is 11.9 Å². The lowest BCUT2D eigenvalue weighted by molar-refractivity contribution is 0.615. The van der Waals surface area contributed by atoms with Gasteiger partial charge in [0.1, 0.15) is 5.82 Å². The standard InChI is InChI=1S/C12H16FN3/c1-15-11(9-14)6-7-16(2)12-5-3-4-10(13)8-12/h3-5,8,11,15H,6-7H2,1-2H3. The summed E-state index contributed by atoms with van der Waals surface area (Å²) >= 11 is 0. The van der Waals surface area contributed by atoms with Crippen LogP contribution < -0.4 is 10.2 Å². The Kier molecular flexibility index (Phi) is 4.74. The fourth-order valence-electron chi connectivity index (χ4n) is 1.44. The highest BCUT2D eigenvalue weighted by atomic mass is 19.1. The SMILES string of the molecule is CNC(C#N)CCN(C)c1cccc(F)c1. The van der Waals surface area contributed by atoms with Crippen LogP contribution >= 0.6 is 0 Å². The van der Waals surface area contributed by atoms with Gasteiger partial charge in [-0.05, 0) is 31.7 Å². The number of benzene rings is 1. The van der Waals surface area contributed by atoms with Crippen LogP contribution in [0.4, 0.5) is 10.1 Å². The minimum absolute atomic E-state index is 0.156. The van der Waals surface area contributed by atoms with Crippen molar-refractivity contribution in [2.45, 2.75) is 12.5 Å². The molecule has 0 radical (unpaired) electrons. The van der Waals surface area contributed by atoms with E-state index >= 15 is 0 Å². The number of anilines is 1. The fourth-order valence-corrected chi connectivity index (χ4v) is 1.44. The minimum atomic E-state index is -0.241. The van der Waals surface area contributed by atoms with Crippen LogP contribution in [0.5, 0.6) is 0 Å². The molecule has 0 aromatic heterocycles. The molecule has 1 N–H and O–H groups in total. The first-order chi connectivity index (χ1) is 7.67. The van der Waals surface area contributed by atoms with Crippen LogP contribution in [0.1, 0.15) is 6.42 Å². The maximum absolute atomic E-state index is 13.0. The van der Waals surface area contributed by atoms with Crippen LogP contribution in [0.25, 0.3) is 0 Å². The molecular weight excluding hydrogens is 205 g/mol. The van der Waals surface area contributed by atoms with Crippen LogP contribution in [0.15, 0.2) is 24.3 Å². The number of rotatable bonds is 5. The number of nitrogens with zero attached hydrogens (tertiary/aromatic N) is 2. The largest absolute Gasteiger partial charge is 0.374 e. The molecule has 1 rings (SSSR count). The Bertz CT molecular complexity index is 373. The summed E-state index contributed by atoms with van der Waals surface area (Å²) in [5.41, 5.74) is 0.827. The monoisotopic (exact) mass is 221 g/mol. The zero-order valence-electron chi connectivity index (χ0n) is 9.57. The molecule has 3 nitrogen and oxygen atoms in total. The molecule has 0 aliphatic rings. The van der Waals surface area contributed by atoms with E-state index in [1.807, 2.05) is 18.0 Å². The topological polar surface area (TPSA) is 39.1 Å². The maximum atomic E-state index is 13.0. The Morgan fingerprint density at radius 3 is 2.88 bits per heavy atom. The van der Waals surface area contributed by atoms with E-state index in [1.54, 1.807) is 13.1 Å². The quantitative estimate of drug-likeness (QED) is 0.823. The minimum Gasteiger partial charge on any atom is -0.374 e. The van der Waals surface area contributed by atoms with Crippen LogP contribution in [0, 0.1) is 17.1 Å². The second-order valence-electron chi connectivity index (χ2n) is 3.66. The molecule has 0 spiro atoms. The molecule has 0 amide bonds. The van der Waals surface area contributed by atoms with Gasteiger partial charge in [-0.15, -0.1) is 0 Å². The zero-order valence-corrected chi connectivity index (χ0v) is 9.57. The van der Waals surface area contributed by atoms with Crippen molar-refractivity contribution in [2.75, 3.05) is 25.5 Å². The van der Waals surface area contributed by atoms with Crippen molar-refractivity contribution in [1.82, 2.24) is 5.32 Å². The van der Waals surface area contributed by atoms with Gasteiger partial charge in [-0.2, -0.15) is 5.26 Å². The molecule has 0 aliphatic heterocycles. The predicted octanol–water partition coefficient (Wildman–Crippen LogP) is 1.76. The summed E-state index contributed by atoms with van der Waals surface area (Å²) < 4.78 is 13.0. The highest BCUT2D eigenvalue weighted by Crippen LogP contribution is 2.14. The Balaban J connectivity index is 2.53. The van der Waals surface area contributed by atoms with Gasteiger partial charge in [-0.25, -0.2) is 4.39 Å². The van der Waals surface area contributed by atoms with E-state index in [1.165, 1.54) is 12.1 Å². The van der Waals surface area contributed by atoms with Crippen LogP contribution in [-0.2, 0) is 0 Å². The Morgan fingerprint density at radius 1 is 1.56 bits per heavy atom. The average Bonchev–Trinajstić information content (AvgIpc) is 2.30. The van der Waals surface area contributed by atoms with E-state index in [0.717, 1.165) is 5.69 Å². The summed E-state index contributed by atoms with van der Waals surface area (Å²) in [5, 5.41) is 11.7. The van der Waals surface area contributed by atoms with Crippen molar-refractivity contribution < 1.29 is 4.39 Å². The van der Waals surface area contributed by atoms with Crippen molar-refractivity contribution in [2.24, 2.45) is 0 Å². The summed E-state index contributed by atoms with van der Waals surface area (Å²) in [5.74, 6) is -0.241. The molecule has 1 atom stereocenters. The fraction of sp³-hybridized carbons (Fsp3) is 0.417. The summed E-state index contributed by atoms with van der Waals surface area (Å²) in [4.78, 5) is 1.94. The van der Waals surface area contributed by atoms with Gasteiger partial charge >= 0.3 is 0 Å². The van der Waals surface area contributed by atoms with E-state index in [2.05, 4.69) is 11.4 Å². The van der Waals surface area contributed by atoms with Crippen molar-refractivity contribution in [3.05, 3.63) is 30.1 Å². The highest BCUT2D eigenvalue weighted by Gasteiger charge is 2.07. The molecule has 0 aliphatic carbocycles. The third-order valence-corrected chi connectivity index (χ3v) is 2.51. The molecule has 86 valence electrons. The van der Waals surface area contributed by atoms with Crippen LogP contribution in [0.2, 0.25) is 0 Å². The van der Waals surface area contributed by atoms with Crippen LogP contribution in [0.3, 0.4) is 0 Å². The first-order valence-corrected chi connectivity index (χ1v) is 5.21. The Labute approximate surface area is 95.5 Å². The number of hydrogen-bond donors (Lipinski definition) is 1. The number of nitrogens with one attached hydrogen (secondary N) is 1. The first kappa shape index (κ1) is 12.5. The third-order valence-electron chi connectivity index (χ3n) is 2.51. The second-order valence-corrected chi connectivity index (χ2v) is 3.66. The lowest BCUT2D eigenvalue weighted by Crippen LogP contribution is -2.29. The molecule has 1 aromatic rings. The van der Waals surface area contributed by atoms with Crippen molar-refractivity contribution in [1.29, 1.82) is 5.26 Å². The van der Waals surface area contributed by atoms with E-state index < -0.39 is 0 Å². The third kappa shape index (κ3) is 3.52. The van der Waals surface area contributed by atoms with Gasteiger partial charge in [0.2, 0.25) is 0 Å². The molecular formula is C12H16FN3. The van der Waals surface area contributed by atoms with Gasteiger partial charge < -0.3 is 10.2 Å². The Morgan fingerprint density at radius 2 is 2.31 bits per heavy atom. The summed E-state index contributed by atoms with van der Waals surface area (Å²) in [6.07, 6.45) is 0.708. The summed E-state index contributed by atoms with van der Waals surface area (Å²) in [7, 11) is 3.65. The van der Waals surface area contributed by atoms with Gasteiger partial charge in [0, 0.05) is 19.3 Å². The molecule has 0 heterocycles. The average molecular weight is 221 g/mol. The van der Waals surface area contributed by atoms with E-state index in [4.69, 9.17) is 5.26 Å². The summed E-state index contributed by atoms with van der Waals surface area (Å²) in [6.45, 7) is 0.711. The molecule has 0 saturated carbocycles. The van der Waals surface area contributed by atoms with Crippen LogP contribution in [-0.4, -0.2) is 26.7 Å². The van der Waals surface area contributed by atoms with Crippen molar-refractivity contribution in [3.8, 4) is 6.07 Å². The number of hydrogen-bond acceptors (Lipinski definition) is 3. The molecule has 1 unspecified atom stereocenters. The van der Waals surface area contributed by atoms with Gasteiger partial charge in [0.25, 0.3) is 0 Å². The molecule has 4 heteroatoms. The van der Waals surface area contributed by atoms with E-state index in [0.29, 0.717) is 13.0 Å². The van der Waals surface area contributed by atoms with Crippen molar-refractivity contribution in [3.63, 3.8) is 0 Å².